The maximum Gasteiger partial charge on any atom is 0.303 e. The maximum atomic E-state index is 11.2. The standard InChI is InChI=1S/C11H16O4/c1-7(5-11(13)14)9-4-3-8(12)6-10(9)15-2/h4,7,10H,3,5-6H2,1-2H3,(H,13,14). The lowest BCUT2D eigenvalue weighted by molar-refractivity contribution is -0.137. The van der Waals surface area contributed by atoms with Gasteiger partial charge in [0.25, 0.3) is 0 Å². The highest BCUT2D eigenvalue weighted by molar-refractivity contribution is 5.82. The molecule has 2 atom stereocenters. The van der Waals surface area contributed by atoms with Crippen molar-refractivity contribution in [2.75, 3.05) is 7.11 Å². The molecule has 0 aliphatic heterocycles. The minimum absolute atomic E-state index is 0.0689. The zero-order valence-corrected chi connectivity index (χ0v) is 9.03. The second-order valence-electron chi connectivity index (χ2n) is 3.87. The van der Waals surface area contributed by atoms with Crippen molar-refractivity contribution in [3.05, 3.63) is 11.6 Å². The zero-order valence-electron chi connectivity index (χ0n) is 9.03. The van der Waals surface area contributed by atoms with Gasteiger partial charge >= 0.3 is 5.97 Å². The van der Waals surface area contributed by atoms with Crippen LogP contribution < -0.4 is 0 Å². The van der Waals surface area contributed by atoms with Gasteiger partial charge in [-0.3, -0.25) is 9.59 Å². The lowest BCUT2D eigenvalue weighted by Gasteiger charge is -2.26. The summed E-state index contributed by atoms with van der Waals surface area (Å²) in [5, 5.41) is 8.69. The van der Waals surface area contributed by atoms with Crippen LogP contribution in [0.5, 0.6) is 0 Å². The van der Waals surface area contributed by atoms with E-state index in [0.29, 0.717) is 12.8 Å². The number of carbonyl (C=O) groups excluding carboxylic acids is 1. The van der Waals surface area contributed by atoms with Crippen LogP contribution in [0.1, 0.15) is 26.2 Å². The molecule has 1 aliphatic carbocycles. The van der Waals surface area contributed by atoms with Gasteiger partial charge in [-0.25, -0.2) is 0 Å². The molecule has 0 aromatic carbocycles. The third-order valence-corrected chi connectivity index (χ3v) is 2.68. The minimum atomic E-state index is -0.824. The zero-order chi connectivity index (χ0) is 11.4. The van der Waals surface area contributed by atoms with Gasteiger partial charge in [0.15, 0.2) is 0 Å². The number of ketones is 1. The topological polar surface area (TPSA) is 63.6 Å². The first-order chi connectivity index (χ1) is 7.04. The molecule has 0 heterocycles. The quantitative estimate of drug-likeness (QED) is 0.715. The molecule has 0 aromatic heterocycles. The third-order valence-electron chi connectivity index (χ3n) is 2.68. The van der Waals surface area contributed by atoms with E-state index in [0.717, 1.165) is 5.57 Å². The Morgan fingerprint density at radius 2 is 2.40 bits per heavy atom. The second-order valence-corrected chi connectivity index (χ2v) is 3.87. The van der Waals surface area contributed by atoms with Gasteiger partial charge in [-0.1, -0.05) is 13.0 Å². The summed E-state index contributed by atoms with van der Waals surface area (Å²) in [4.78, 5) is 21.8. The van der Waals surface area contributed by atoms with Crippen molar-refractivity contribution in [2.45, 2.75) is 32.3 Å². The Bertz CT molecular complexity index is 293. The number of carboxylic acid groups (broad SMARTS) is 1. The molecule has 0 amide bonds. The molecule has 0 saturated carbocycles. The highest BCUT2D eigenvalue weighted by Crippen LogP contribution is 2.27. The van der Waals surface area contributed by atoms with Crippen LogP contribution in [-0.4, -0.2) is 30.1 Å². The smallest absolute Gasteiger partial charge is 0.303 e. The Hall–Kier alpha value is -1.16. The number of Topliss-reactive ketones (excluding diaryl/α,β-unsaturated/α-hetero) is 1. The predicted octanol–water partition coefficient (Wildman–Crippen LogP) is 1.40. The normalized spacial score (nSPS) is 23.5. The van der Waals surface area contributed by atoms with Crippen molar-refractivity contribution in [2.24, 2.45) is 5.92 Å². The highest BCUT2D eigenvalue weighted by atomic mass is 16.5. The van der Waals surface area contributed by atoms with E-state index in [1.807, 2.05) is 13.0 Å². The summed E-state index contributed by atoms with van der Waals surface area (Å²) in [5.74, 6) is -0.746. The van der Waals surface area contributed by atoms with E-state index in [9.17, 15) is 9.59 Å². The summed E-state index contributed by atoms with van der Waals surface area (Å²) in [5.41, 5.74) is 0.944. The van der Waals surface area contributed by atoms with E-state index in [1.165, 1.54) is 0 Å². The van der Waals surface area contributed by atoms with Crippen LogP contribution in [0.25, 0.3) is 0 Å². The fraction of sp³-hybridized carbons (Fsp3) is 0.636. The molecule has 0 saturated heterocycles. The molecule has 1 rings (SSSR count). The lowest BCUT2D eigenvalue weighted by Crippen LogP contribution is -2.27. The van der Waals surface area contributed by atoms with E-state index in [4.69, 9.17) is 9.84 Å². The van der Waals surface area contributed by atoms with Crippen LogP contribution in [-0.2, 0) is 14.3 Å². The fourth-order valence-electron chi connectivity index (χ4n) is 1.89. The highest BCUT2D eigenvalue weighted by Gasteiger charge is 2.26. The van der Waals surface area contributed by atoms with Crippen molar-refractivity contribution in [3.8, 4) is 0 Å². The number of hydrogen-bond acceptors (Lipinski definition) is 3. The molecule has 84 valence electrons. The first-order valence-electron chi connectivity index (χ1n) is 5.00. The van der Waals surface area contributed by atoms with Crippen LogP contribution in [0.3, 0.4) is 0 Å². The molecule has 1 N–H and O–H groups in total. The number of carbonyl (C=O) groups is 2. The predicted molar refractivity (Wildman–Crippen MR) is 54.5 cm³/mol. The van der Waals surface area contributed by atoms with Gasteiger partial charge in [0, 0.05) is 20.0 Å². The summed E-state index contributed by atoms with van der Waals surface area (Å²) < 4.78 is 5.19. The number of aliphatic carboxylic acids is 1. The maximum absolute atomic E-state index is 11.2. The summed E-state index contributed by atoms with van der Waals surface area (Å²) in [6.07, 6.45) is 2.43. The average molecular weight is 212 g/mol. The van der Waals surface area contributed by atoms with Crippen molar-refractivity contribution >= 4 is 11.8 Å². The van der Waals surface area contributed by atoms with Crippen LogP contribution in [0.15, 0.2) is 11.6 Å². The van der Waals surface area contributed by atoms with Crippen LogP contribution >= 0.6 is 0 Å². The Labute approximate surface area is 88.9 Å². The molecule has 4 heteroatoms. The van der Waals surface area contributed by atoms with Crippen molar-refractivity contribution in [1.82, 2.24) is 0 Å². The molecule has 2 unspecified atom stereocenters. The van der Waals surface area contributed by atoms with E-state index < -0.39 is 5.97 Å². The Balaban J connectivity index is 2.73. The number of carboxylic acids is 1. The Kier molecular flexibility index (Phi) is 4.03. The van der Waals surface area contributed by atoms with Gasteiger partial charge in [-0.05, 0) is 11.5 Å². The third kappa shape index (κ3) is 3.16. The number of rotatable bonds is 4. The van der Waals surface area contributed by atoms with Crippen molar-refractivity contribution in [1.29, 1.82) is 0 Å². The van der Waals surface area contributed by atoms with Gasteiger partial charge in [0.2, 0.25) is 0 Å². The lowest BCUT2D eigenvalue weighted by atomic mass is 9.85. The van der Waals surface area contributed by atoms with Crippen molar-refractivity contribution < 1.29 is 19.4 Å². The number of allylic oxidation sites excluding steroid dienone is 1. The van der Waals surface area contributed by atoms with Crippen LogP contribution in [0.4, 0.5) is 0 Å². The molecular formula is C11H16O4. The molecule has 0 aromatic rings. The van der Waals surface area contributed by atoms with E-state index >= 15 is 0 Å². The molecule has 0 radical (unpaired) electrons. The van der Waals surface area contributed by atoms with E-state index in [2.05, 4.69) is 0 Å². The summed E-state index contributed by atoms with van der Waals surface area (Å²) in [6.45, 7) is 1.85. The molecule has 1 aliphatic rings. The minimum Gasteiger partial charge on any atom is -0.481 e. The molecule has 0 spiro atoms. The molecule has 0 bridgehead atoms. The van der Waals surface area contributed by atoms with Gasteiger partial charge in [-0.15, -0.1) is 0 Å². The average Bonchev–Trinajstić information content (AvgIpc) is 2.16. The summed E-state index contributed by atoms with van der Waals surface area (Å²) >= 11 is 0. The first kappa shape index (κ1) is 11.9. The number of hydrogen-bond donors (Lipinski definition) is 1. The second kappa shape index (κ2) is 5.07. The van der Waals surface area contributed by atoms with Gasteiger partial charge in [0.1, 0.15) is 5.78 Å². The van der Waals surface area contributed by atoms with Gasteiger partial charge in [0.05, 0.1) is 12.5 Å². The number of methoxy groups -OCH3 is 1. The molecule has 4 nitrogen and oxygen atoms in total. The monoisotopic (exact) mass is 212 g/mol. The van der Waals surface area contributed by atoms with Crippen molar-refractivity contribution in [3.63, 3.8) is 0 Å². The largest absolute Gasteiger partial charge is 0.481 e. The summed E-state index contributed by atoms with van der Waals surface area (Å²) in [6, 6.07) is 0. The molecular weight excluding hydrogens is 196 g/mol. The molecule has 15 heavy (non-hydrogen) atoms. The SMILES string of the molecule is COC1CC(=O)CC=C1C(C)CC(=O)O. The summed E-state index contributed by atoms with van der Waals surface area (Å²) in [7, 11) is 1.55. The van der Waals surface area contributed by atoms with Crippen LogP contribution in [0, 0.1) is 5.92 Å². The Morgan fingerprint density at radius 3 is 2.93 bits per heavy atom. The Morgan fingerprint density at radius 1 is 1.73 bits per heavy atom. The van der Waals surface area contributed by atoms with E-state index in [-0.39, 0.29) is 24.2 Å². The molecule has 0 fully saturated rings. The van der Waals surface area contributed by atoms with Gasteiger partial charge in [-0.2, -0.15) is 0 Å². The fourth-order valence-corrected chi connectivity index (χ4v) is 1.89. The number of ether oxygens (including phenoxy) is 1. The van der Waals surface area contributed by atoms with E-state index in [1.54, 1.807) is 7.11 Å². The van der Waals surface area contributed by atoms with Gasteiger partial charge < -0.3 is 9.84 Å². The van der Waals surface area contributed by atoms with Crippen LogP contribution in [0.2, 0.25) is 0 Å². The first-order valence-corrected chi connectivity index (χ1v) is 5.00.